The Bertz CT molecular complexity index is 391. The lowest BCUT2D eigenvalue weighted by Gasteiger charge is -2.32. The molecule has 104 valence electrons. The van der Waals surface area contributed by atoms with Gasteiger partial charge in [-0.1, -0.05) is 6.42 Å². The number of piperidine rings is 1. The van der Waals surface area contributed by atoms with Crippen LogP contribution in [0, 0.1) is 5.92 Å². The summed E-state index contributed by atoms with van der Waals surface area (Å²) in [5.74, 6) is 2.47. The van der Waals surface area contributed by atoms with Crippen LogP contribution in [0.25, 0.3) is 0 Å². The van der Waals surface area contributed by atoms with Crippen molar-refractivity contribution in [2.45, 2.75) is 38.0 Å². The molecule has 19 heavy (non-hydrogen) atoms. The molecule has 0 atom stereocenters. The quantitative estimate of drug-likeness (QED) is 0.901. The Kier molecular flexibility index (Phi) is 3.97. The van der Waals surface area contributed by atoms with Gasteiger partial charge < -0.3 is 10.2 Å². The third-order valence-electron chi connectivity index (χ3n) is 4.62. The van der Waals surface area contributed by atoms with Crippen molar-refractivity contribution in [2.24, 2.45) is 5.92 Å². The maximum atomic E-state index is 4.58. The van der Waals surface area contributed by atoms with E-state index in [0.29, 0.717) is 0 Å². The lowest BCUT2D eigenvalue weighted by molar-refractivity contribution is 0.390. The molecule has 1 aromatic rings. The van der Waals surface area contributed by atoms with Gasteiger partial charge >= 0.3 is 0 Å². The van der Waals surface area contributed by atoms with Crippen molar-refractivity contribution in [3.8, 4) is 0 Å². The third kappa shape index (κ3) is 2.89. The van der Waals surface area contributed by atoms with Gasteiger partial charge in [-0.3, -0.25) is 0 Å². The molecule has 0 bridgehead atoms. The highest BCUT2D eigenvalue weighted by Gasteiger charge is 2.22. The minimum absolute atomic E-state index is 0.732. The van der Waals surface area contributed by atoms with E-state index >= 15 is 0 Å². The molecular weight excluding hydrogens is 236 g/mol. The number of nitrogens with one attached hydrogen (secondary N) is 1. The van der Waals surface area contributed by atoms with Crippen molar-refractivity contribution >= 4 is 5.95 Å². The van der Waals surface area contributed by atoms with E-state index in [1.54, 1.807) is 0 Å². The molecule has 1 saturated carbocycles. The zero-order valence-electron chi connectivity index (χ0n) is 11.8. The highest BCUT2D eigenvalue weighted by molar-refractivity contribution is 5.31. The molecular formula is C15H24N4. The van der Waals surface area contributed by atoms with E-state index in [1.165, 1.54) is 37.7 Å². The molecule has 1 aliphatic heterocycles. The van der Waals surface area contributed by atoms with Crippen molar-refractivity contribution in [3.05, 3.63) is 18.0 Å². The fraction of sp³-hybridized carbons (Fsp3) is 0.733. The van der Waals surface area contributed by atoms with Gasteiger partial charge in [-0.2, -0.15) is 0 Å². The van der Waals surface area contributed by atoms with E-state index in [2.05, 4.69) is 20.2 Å². The first-order chi connectivity index (χ1) is 9.36. The van der Waals surface area contributed by atoms with Crippen molar-refractivity contribution in [2.75, 3.05) is 31.6 Å². The van der Waals surface area contributed by atoms with E-state index < -0.39 is 0 Å². The smallest absolute Gasteiger partial charge is 0.225 e. The van der Waals surface area contributed by atoms with Crippen molar-refractivity contribution in [1.29, 1.82) is 0 Å². The SMILES string of the molecule is CNCC1CCN(c2ncc(C3CCC3)cn2)CC1. The van der Waals surface area contributed by atoms with Gasteiger partial charge in [-0.25, -0.2) is 9.97 Å². The largest absolute Gasteiger partial charge is 0.341 e. The molecule has 0 radical (unpaired) electrons. The zero-order valence-corrected chi connectivity index (χ0v) is 11.8. The molecule has 2 fully saturated rings. The highest BCUT2D eigenvalue weighted by atomic mass is 15.2. The van der Waals surface area contributed by atoms with E-state index in [4.69, 9.17) is 0 Å². The Morgan fingerprint density at radius 3 is 2.37 bits per heavy atom. The molecule has 0 aromatic carbocycles. The normalized spacial score (nSPS) is 21.4. The molecule has 2 heterocycles. The predicted octanol–water partition coefficient (Wildman–Crippen LogP) is 2.18. The molecule has 3 rings (SSSR count). The number of nitrogens with zero attached hydrogens (tertiary/aromatic N) is 3. The molecule has 0 unspecified atom stereocenters. The van der Waals surface area contributed by atoms with Crippen LogP contribution in [-0.4, -0.2) is 36.6 Å². The minimum atomic E-state index is 0.732. The Labute approximate surface area is 115 Å². The van der Waals surface area contributed by atoms with Gasteiger partial charge in [0.15, 0.2) is 0 Å². The van der Waals surface area contributed by atoms with Gasteiger partial charge in [-0.05, 0) is 56.7 Å². The first kappa shape index (κ1) is 12.9. The van der Waals surface area contributed by atoms with Gasteiger partial charge in [0.2, 0.25) is 5.95 Å². The maximum absolute atomic E-state index is 4.58. The summed E-state index contributed by atoms with van der Waals surface area (Å²) >= 11 is 0. The molecule has 0 amide bonds. The highest BCUT2D eigenvalue weighted by Crippen LogP contribution is 2.35. The fourth-order valence-corrected chi connectivity index (χ4v) is 3.07. The Morgan fingerprint density at radius 1 is 1.16 bits per heavy atom. The molecule has 4 heteroatoms. The van der Waals surface area contributed by atoms with Crippen LogP contribution in [0.3, 0.4) is 0 Å². The van der Waals surface area contributed by atoms with Crippen LogP contribution >= 0.6 is 0 Å². The minimum Gasteiger partial charge on any atom is -0.341 e. The van der Waals surface area contributed by atoms with E-state index in [1.807, 2.05) is 19.4 Å². The van der Waals surface area contributed by atoms with Gasteiger partial charge in [0.25, 0.3) is 0 Å². The van der Waals surface area contributed by atoms with Gasteiger partial charge in [0, 0.05) is 25.5 Å². The molecule has 1 saturated heterocycles. The molecule has 2 aliphatic rings. The van der Waals surface area contributed by atoms with Crippen LogP contribution in [0.4, 0.5) is 5.95 Å². The average molecular weight is 260 g/mol. The van der Waals surface area contributed by atoms with Gasteiger partial charge in [-0.15, -0.1) is 0 Å². The van der Waals surface area contributed by atoms with Crippen LogP contribution in [0.2, 0.25) is 0 Å². The molecule has 1 aliphatic carbocycles. The average Bonchev–Trinajstić information content (AvgIpc) is 2.39. The first-order valence-corrected chi connectivity index (χ1v) is 7.58. The zero-order chi connectivity index (χ0) is 13.1. The summed E-state index contributed by atoms with van der Waals surface area (Å²) in [6.45, 7) is 3.32. The Morgan fingerprint density at radius 2 is 1.84 bits per heavy atom. The molecule has 0 spiro atoms. The number of hydrogen-bond donors (Lipinski definition) is 1. The van der Waals surface area contributed by atoms with Crippen LogP contribution in [-0.2, 0) is 0 Å². The van der Waals surface area contributed by atoms with Crippen molar-refractivity contribution < 1.29 is 0 Å². The van der Waals surface area contributed by atoms with Crippen LogP contribution < -0.4 is 10.2 Å². The lowest BCUT2D eigenvalue weighted by atomic mass is 9.81. The van der Waals surface area contributed by atoms with E-state index in [0.717, 1.165) is 37.4 Å². The summed E-state index contributed by atoms with van der Waals surface area (Å²) in [5.41, 5.74) is 1.33. The van der Waals surface area contributed by atoms with Gasteiger partial charge in [0.1, 0.15) is 0 Å². The summed E-state index contributed by atoms with van der Waals surface area (Å²) in [6, 6.07) is 0. The maximum Gasteiger partial charge on any atom is 0.225 e. The second kappa shape index (κ2) is 5.87. The molecule has 1 aromatic heterocycles. The summed E-state index contributed by atoms with van der Waals surface area (Å²) in [5, 5.41) is 3.28. The van der Waals surface area contributed by atoms with Crippen LogP contribution in [0.1, 0.15) is 43.6 Å². The molecule has 1 N–H and O–H groups in total. The summed E-state index contributed by atoms with van der Waals surface area (Å²) in [6.07, 6.45) is 10.6. The monoisotopic (exact) mass is 260 g/mol. The topological polar surface area (TPSA) is 41.0 Å². The van der Waals surface area contributed by atoms with Crippen molar-refractivity contribution in [3.63, 3.8) is 0 Å². The fourth-order valence-electron chi connectivity index (χ4n) is 3.07. The number of hydrogen-bond acceptors (Lipinski definition) is 4. The number of rotatable bonds is 4. The van der Waals surface area contributed by atoms with Gasteiger partial charge in [0.05, 0.1) is 0 Å². The molecule has 4 nitrogen and oxygen atoms in total. The Hall–Kier alpha value is -1.16. The summed E-state index contributed by atoms with van der Waals surface area (Å²) in [7, 11) is 2.04. The van der Waals surface area contributed by atoms with Crippen LogP contribution in [0.15, 0.2) is 12.4 Å². The second-order valence-corrected chi connectivity index (χ2v) is 5.93. The van der Waals surface area contributed by atoms with Crippen molar-refractivity contribution in [1.82, 2.24) is 15.3 Å². The van der Waals surface area contributed by atoms with E-state index in [9.17, 15) is 0 Å². The van der Waals surface area contributed by atoms with E-state index in [-0.39, 0.29) is 0 Å². The third-order valence-corrected chi connectivity index (χ3v) is 4.62. The number of anilines is 1. The summed E-state index contributed by atoms with van der Waals surface area (Å²) in [4.78, 5) is 11.5. The lowest BCUT2D eigenvalue weighted by Crippen LogP contribution is -2.37. The van der Waals surface area contributed by atoms with Crippen LogP contribution in [0.5, 0.6) is 0 Å². The Balaban J connectivity index is 1.57. The summed E-state index contributed by atoms with van der Waals surface area (Å²) < 4.78 is 0. The first-order valence-electron chi connectivity index (χ1n) is 7.58. The standard InChI is InChI=1S/C15H24N4/c1-16-9-12-5-7-19(8-6-12)15-17-10-14(11-18-15)13-3-2-4-13/h10-13,16H,2-9H2,1H3. The predicted molar refractivity (Wildman–Crippen MR) is 77.5 cm³/mol. The second-order valence-electron chi connectivity index (χ2n) is 5.93. The number of aromatic nitrogens is 2.